The van der Waals surface area contributed by atoms with Gasteiger partial charge in [0.2, 0.25) is 5.90 Å². The van der Waals surface area contributed by atoms with E-state index in [9.17, 15) is 0 Å². The molecule has 0 N–H and O–H groups in total. The fourth-order valence-electron chi connectivity index (χ4n) is 5.61. The monoisotopic (exact) mass is 495 g/mol. The summed E-state index contributed by atoms with van der Waals surface area (Å²) in [5.41, 5.74) is 6.13. The maximum Gasteiger partial charge on any atom is 0.217 e. The molecule has 1 aliphatic carbocycles. The molecule has 0 saturated heterocycles. The molecule has 2 atom stereocenters. The Morgan fingerprint density at radius 1 is 0.568 bits per heavy atom. The first-order valence-electron chi connectivity index (χ1n) is 12.8. The molecule has 0 bridgehead atoms. The Kier molecular flexibility index (Phi) is 5.68. The van der Waals surface area contributed by atoms with E-state index in [-0.39, 0.29) is 12.1 Å². The van der Waals surface area contributed by atoms with Crippen LogP contribution in [0.4, 0.5) is 0 Å². The van der Waals surface area contributed by atoms with Gasteiger partial charge in [0.15, 0.2) is 0 Å². The molecule has 7 rings (SSSR count). The largest absolute Gasteiger partial charge is 0.471 e. The predicted molar refractivity (Wildman–Crippen MR) is 155 cm³/mol. The predicted octanol–water partition coefficient (Wildman–Crippen LogP) is 6.55. The van der Waals surface area contributed by atoms with Crippen LogP contribution in [-0.4, -0.2) is 12.0 Å². The highest BCUT2D eigenvalue weighted by Crippen LogP contribution is 2.43. The Morgan fingerprint density at radius 2 is 1.14 bits per heavy atom. The van der Waals surface area contributed by atoms with Crippen LogP contribution < -0.4 is 15.9 Å². The number of aliphatic imine (C=N–C) groups is 1. The summed E-state index contributed by atoms with van der Waals surface area (Å²) in [5, 5.41) is 4.02. The summed E-state index contributed by atoms with van der Waals surface area (Å²) in [4.78, 5) is 5.14. The Hall–Kier alpha value is -4.00. The highest BCUT2D eigenvalue weighted by molar-refractivity contribution is 7.80. The van der Waals surface area contributed by atoms with E-state index < -0.39 is 7.92 Å². The minimum absolute atomic E-state index is 0.0836. The molecule has 0 spiro atoms. The van der Waals surface area contributed by atoms with Gasteiger partial charge >= 0.3 is 0 Å². The zero-order valence-electron chi connectivity index (χ0n) is 20.4. The highest BCUT2D eigenvalue weighted by Gasteiger charge is 2.40. The van der Waals surface area contributed by atoms with Crippen molar-refractivity contribution in [1.82, 2.24) is 0 Å². The third-order valence-corrected chi connectivity index (χ3v) is 9.79. The third kappa shape index (κ3) is 3.99. The zero-order valence-corrected chi connectivity index (χ0v) is 21.3. The maximum absolute atomic E-state index is 6.54. The van der Waals surface area contributed by atoms with Gasteiger partial charge in [-0.05, 0) is 52.2 Å². The first-order valence-corrected chi connectivity index (χ1v) is 14.1. The van der Waals surface area contributed by atoms with Crippen LogP contribution >= 0.6 is 7.92 Å². The molecule has 5 aromatic rings. The van der Waals surface area contributed by atoms with Gasteiger partial charge in [0.25, 0.3) is 0 Å². The second-order valence-corrected chi connectivity index (χ2v) is 11.7. The summed E-state index contributed by atoms with van der Waals surface area (Å²) in [6, 6.07) is 47.9. The van der Waals surface area contributed by atoms with Crippen molar-refractivity contribution in [3.8, 4) is 11.1 Å². The molecule has 2 nitrogen and oxygen atoms in total. The van der Waals surface area contributed by atoms with E-state index in [4.69, 9.17) is 9.73 Å². The SMILES string of the molecule is c1ccc(P(c2ccccc2)c2ccccc2-c2ccccc2C2=NC3c4ccccc4CC3O2)cc1. The second-order valence-electron chi connectivity index (χ2n) is 9.51. The summed E-state index contributed by atoms with van der Waals surface area (Å²) in [7, 11) is -0.740. The molecule has 5 aromatic carbocycles. The van der Waals surface area contributed by atoms with E-state index in [0.29, 0.717) is 0 Å². The molecule has 1 aliphatic heterocycles. The van der Waals surface area contributed by atoms with Crippen LogP contribution in [0.25, 0.3) is 11.1 Å². The highest BCUT2D eigenvalue weighted by atomic mass is 31.1. The van der Waals surface area contributed by atoms with Crippen molar-refractivity contribution in [3.63, 3.8) is 0 Å². The van der Waals surface area contributed by atoms with Crippen LogP contribution in [0, 0.1) is 0 Å². The molecule has 37 heavy (non-hydrogen) atoms. The van der Waals surface area contributed by atoms with Crippen LogP contribution in [0.1, 0.15) is 22.7 Å². The molecule has 1 heterocycles. The van der Waals surface area contributed by atoms with Crippen molar-refractivity contribution < 1.29 is 4.74 Å². The van der Waals surface area contributed by atoms with E-state index >= 15 is 0 Å². The Bertz CT molecular complexity index is 1560. The van der Waals surface area contributed by atoms with Crippen molar-refractivity contribution in [2.45, 2.75) is 18.6 Å². The Morgan fingerprint density at radius 3 is 1.86 bits per heavy atom. The molecule has 2 aliphatic rings. The van der Waals surface area contributed by atoms with Gasteiger partial charge in [-0.1, -0.05) is 127 Å². The van der Waals surface area contributed by atoms with Gasteiger partial charge in [-0.25, -0.2) is 4.99 Å². The van der Waals surface area contributed by atoms with Gasteiger partial charge < -0.3 is 4.74 Å². The third-order valence-electron chi connectivity index (χ3n) is 7.29. The van der Waals surface area contributed by atoms with Crippen LogP contribution in [0.15, 0.2) is 138 Å². The minimum Gasteiger partial charge on any atom is -0.471 e. The Balaban J connectivity index is 1.36. The number of hydrogen-bond acceptors (Lipinski definition) is 2. The van der Waals surface area contributed by atoms with Crippen LogP contribution in [0.5, 0.6) is 0 Å². The number of hydrogen-bond donors (Lipinski definition) is 0. The lowest BCUT2D eigenvalue weighted by molar-refractivity contribution is 0.206. The molecule has 3 heteroatoms. The molecule has 0 saturated carbocycles. The summed E-state index contributed by atoms with van der Waals surface area (Å²) in [5.74, 6) is 0.763. The van der Waals surface area contributed by atoms with Gasteiger partial charge in [-0.2, -0.15) is 0 Å². The van der Waals surface area contributed by atoms with E-state index in [2.05, 4.69) is 133 Å². The fraction of sp³-hybridized carbons (Fsp3) is 0.0882. The quantitative estimate of drug-likeness (QED) is 0.253. The molecule has 178 valence electrons. The average molecular weight is 496 g/mol. The van der Waals surface area contributed by atoms with E-state index in [0.717, 1.165) is 17.9 Å². The minimum atomic E-state index is -0.740. The Labute approximate surface area is 219 Å². The lowest BCUT2D eigenvalue weighted by Gasteiger charge is -2.23. The van der Waals surface area contributed by atoms with Crippen molar-refractivity contribution in [2.75, 3.05) is 0 Å². The number of benzene rings is 5. The fourth-order valence-corrected chi connectivity index (χ4v) is 8.08. The molecule has 0 amide bonds. The number of fused-ring (bicyclic) bond motifs is 3. The van der Waals surface area contributed by atoms with E-state index in [1.54, 1.807) is 0 Å². The lowest BCUT2D eigenvalue weighted by atomic mass is 9.99. The standard InChI is InChI=1S/C34H26NOP/c1-3-14-25(15-4-1)37(26-16-5-2-6-17-26)32-22-12-11-20-29(32)28-19-9-10-21-30(28)34-35-33-27-18-8-7-13-24(27)23-31(33)36-34/h1-22,31,33H,23H2. The van der Waals surface area contributed by atoms with Crippen LogP contribution in [-0.2, 0) is 11.2 Å². The lowest BCUT2D eigenvalue weighted by Crippen LogP contribution is -2.22. The molecule has 2 unspecified atom stereocenters. The van der Waals surface area contributed by atoms with Gasteiger partial charge in [-0.15, -0.1) is 0 Å². The van der Waals surface area contributed by atoms with Crippen LogP contribution in [0.3, 0.4) is 0 Å². The summed E-state index contributed by atoms with van der Waals surface area (Å²) >= 11 is 0. The van der Waals surface area contributed by atoms with Gasteiger partial charge in [0.05, 0.1) is 0 Å². The zero-order chi connectivity index (χ0) is 24.6. The second kappa shape index (κ2) is 9.47. The van der Waals surface area contributed by atoms with Crippen molar-refractivity contribution in [3.05, 3.63) is 150 Å². The van der Waals surface area contributed by atoms with Crippen molar-refractivity contribution in [2.24, 2.45) is 4.99 Å². The van der Waals surface area contributed by atoms with E-state index in [1.807, 2.05) is 0 Å². The van der Waals surface area contributed by atoms with Crippen molar-refractivity contribution in [1.29, 1.82) is 0 Å². The number of rotatable bonds is 5. The maximum atomic E-state index is 6.54. The van der Waals surface area contributed by atoms with Gasteiger partial charge in [-0.3, -0.25) is 0 Å². The molecule has 0 aromatic heterocycles. The normalized spacial score (nSPS) is 17.7. The first-order chi connectivity index (χ1) is 18.4. The van der Waals surface area contributed by atoms with Crippen LogP contribution in [0.2, 0.25) is 0 Å². The van der Waals surface area contributed by atoms with Gasteiger partial charge in [0, 0.05) is 12.0 Å². The summed E-state index contributed by atoms with van der Waals surface area (Å²) in [6.07, 6.45) is 1.00. The summed E-state index contributed by atoms with van der Waals surface area (Å²) < 4.78 is 6.54. The summed E-state index contributed by atoms with van der Waals surface area (Å²) in [6.45, 7) is 0. The molecule has 0 fully saturated rings. The van der Waals surface area contributed by atoms with Crippen molar-refractivity contribution >= 4 is 29.7 Å². The molecular formula is C34H26NOP. The number of ether oxygens (including phenoxy) is 1. The average Bonchev–Trinajstić information content (AvgIpc) is 3.53. The smallest absolute Gasteiger partial charge is 0.217 e. The molecule has 0 radical (unpaired) electrons. The number of nitrogens with zero attached hydrogens (tertiary/aromatic N) is 1. The van der Waals surface area contributed by atoms with E-state index in [1.165, 1.54) is 38.2 Å². The molecular weight excluding hydrogens is 469 g/mol. The topological polar surface area (TPSA) is 21.6 Å². The first kappa shape index (κ1) is 22.2. The van der Waals surface area contributed by atoms with Gasteiger partial charge in [0.1, 0.15) is 12.1 Å².